The number of carbonyl (C=O) groups is 4. The second-order valence-corrected chi connectivity index (χ2v) is 13.2. The second kappa shape index (κ2) is 17.6. The summed E-state index contributed by atoms with van der Waals surface area (Å²) in [5, 5.41) is 15.5. The van der Waals surface area contributed by atoms with Gasteiger partial charge in [0, 0.05) is 18.9 Å². The van der Waals surface area contributed by atoms with Crippen LogP contribution in [-0.4, -0.2) is 71.8 Å². The van der Waals surface area contributed by atoms with Gasteiger partial charge >= 0.3 is 12.1 Å². The molecule has 10 heteroatoms. The number of fused-ring (bicyclic) bond motifs is 4. The Morgan fingerprint density at radius 3 is 2.20 bits per heavy atom. The van der Waals surface area contributed by atoms with Crippen LogP contribution in [0.5, 0.6) is 0 Å². The molecule has 0 radical (unpaired) electrons. The average Bonchev–Trinajstić information content (AvgIpc) is 3.47. The third kappa shape index (κ3) is 9.12. The van der Waals surface area contributed by atoms with Gasteiger partial charge in [-0.25, -0.2) is 9.59 Å². The monoisotopic (exact) mass is 693 g/mol. The molecule has 0 saturated heterocycles. The van der Waals surface area contributed by atoms with Crippen molar-refractivity contribution in [3.05, 3.63) is 120 Å². The Kier molecular flexibility index (Phi) is 12.8. The zero-order valence-corrected chi connectivity index (χ0v) is 29.1. The van der Waals surface area contributed by atoms with E-state index < -0.39 is 30.1 Å². The molecule has 2 aliphatic rings. The number of aliphatic hydroxyl groups excluding tert-OH is 1. The lowest BCUT2D eigenvalue weighted by Gasteiger charge is -2.36. The molecule has 3 N–H and O–H groups in total. The summed E-state index contributed by atoms with van der Waals surface area (Å²) in [6.07, 6.45) is 3.97. The van der Waals surface area contributed by atoms with E-state index in [9.17, 15) is 24.3 Å². The molecule has 51 heavy (non-hydrogen) atoms. The Hall–Kier alpha value is -5.22. The van der Waals surface area contributed by atoms with Crippen molar-refractivity contribution < 1.29 is 33.8 Å². The smallest absolute Gasteiger partial charge is 0.407 e. The first-order valence-electron chi connectivity index (χ1n) is 17.5. The van der Waals surface area contributed by atoms with Gasteiger partial charge in [-0.2, -0.15) is 0 Å². The van der Waals surface area contributed by atoms with E-state index in [4.69, 9.17) is 9.47 Å². The number of hydrogen-bond donors (Lipinski definition) is 3. The van der Waals surface area contributed by atoms with E-state index in [1.807, 2.05) is 60.7 Å². The molecular weight excluding hydrogens is 646 g/mol. The van der Waals surface area contributed by atoms with Crippen LogP contribution in [0.3, 0.4) is 0 Å². The van der Waals surface area contributed by atoms with E-state index in [2.05, 4.69) is 35.9 Å². The number of rotatable bonds is 16. The zero-order valence-electron chi connectivity index (χ0n) is 29.1. The van der Waals surface area contributed by atoms with Gasteiger partial charge in [0.05, 0.1) is 24.6 Å². The highest BCUT2D eigenvalue weighted by molar-refractivity contribution is 5.86. The van der Waals surface area contributed by atoms with Gasteiger partial charge in [0.2, 0.25) is 11.8 Å². The average molecular weight is 694 g/mol. The first kappa shape index (κ1) is 37.0. The summed E-state index contributed by atoms with van der Waals surface area (Å²) in [7, 11) is 0. The molecule has 4 atom stereocenters. The van der Waals surface area contributed by atoms with Crippen LogP contribution in [-0.2, 0) is 36.8 Å². The predicted octanol–water partition coefficient (Wildman–Crippen LogP) is 5.44. The van der Waals surface area contributed by atoms with Crippen LogP contribution < -0.4 is 10.6 Å². The van der Waals surface area contributed by atoms with Crippen molar-refractivity contribution in [3.8, 4) is 11.1 Å². The minimum Gasteiger partial charge on any atom is -0.462 e. The lowest BCUT2D eigenvalue weighted by Crippen LogP contribution is -2.48. The fourth-order valence-electron chi connectivity index (χ4n) is 6.88. The van der Waals surface area contributed by atoms with Crippen molar-refractivity contribution in [1.29, 1.82) is 0 Å². The summed E-state index contributed by atoms with van der Waals surface area (Å²) in [5.41, 5.74) is 6.51. The summed E-state index contributed by atoms with van der Waals surface area (Å²) in [6, 6.07) is 22.0. The molecule has 0 fully saturated rings. The molecule has 1 aliphatic heterocycles. The molecule has 0 spiro atoms. The van der Waals surface area contributed by atoms with Crippen molar-refractivity contribution in [3.63, 3.8) is 0 Å². The quantitative estimate of drug-likeness (QED) is 0.135. The number of amides is 3. The van der Waals surface area contributed by atoms with Gasteiger partial charge in [-0.3, -0.25) is 9.59 Å². The number of nitrogens with one attached hydrogen (secondary N) is 2. The third-order valence-corrected chi connectivity index (χ3v) is 9.57. The minimum absolute atomic E-state index is 0.0588. The maximum Gasteiger partial charge on any atom is 0.407 e. The highest BCUT2D eigenvalue weighted by Gasteiger charge is 2.33. The fraction of sp³-hybridized carbons (Fsp3) is 0.366. The number of allylic oxidation sites excluding steroid dienone is 2. The summed E-state index contributed by atoms with van der Waals surface area (Å²) in [4.78, 5) is 54.5. The van der Waals surface area contributed by atoms with Gasteiger partial charge in [0.1, 0.15) is 19.3 Å². The number of aliphatic hydroxyl groups is 1. The van der Waals surface area contributed by atoms with Gasteiger partial charge in [0.25, 0.3) is 0 Å². The Morgan fingerprint density at radius 1 is 0.902 bits per heavy atom. The molecule has 0 bridgehead atoms. The highest BCUT2D eigenvalue weighted by Crippen LogP contribution is 2.44. The molecule has 0 aromatic heterocycles. The molecule has 1 aliphatic carbocycles. The molecule has 10 nitrogen and oxygen atoms in total. The molecule has 3 aromatic rings. The Balaban J connectivity index is 1.12. The van der Waals surface area contributed by atoms with Crippen LogP contribution in [0, 0.1) is 5.92 Å². The van der Waals surface area contributed by atoms with Crippen LogP contribution in [0.2, 0.25) is 0 Å². The van der Waals surface area contributed by atoms with E-state index >= 15 is 0 Å². The van der Waals surface area contributed by atoms with Gasteiger partial charge in [0.15, 0.2) is 0 Å². The van der Waals surface area contributed by atoms with Crippen molar-refractivity contribution in [2.24, 2.45) is 5.92 Å². The van der Waals surface area contributed by atoms with Crippen LogP contribution in [0.1, 0.15) is 60.8 Å². The molecule has 1 heterocycles. The van der Waals surface area contributed by atoms with E-state index in [-0.39, 0.29) is 62.9 Å². The van der Waals surface area contributed by atoms with Crippen LogP contribution in [0.15, 0.2) is 98.1 Å². The Morgan fingerprint density at radius 2 is 1.55 bits per heavy atom. The van der Waals surface area contributed by atoms with E-state index in [0.717, 1.165) is 33.4 Å². The normalized spacial score (nSPS) is 16.4. The molecule has 5 rings (SSSR count). The molecule has 4 unspecified atom stereocenters. The molecule has 3 amide bonds. The van der Waals surface area contributed by atoms with Crippen LogP contribution >= 0.6 is 0 Å². The van der Waals surface area contributed by atoms with Crippen molar-refractivity contribution >= 4 is 23.9 Å². The minimum atomic E-state index is -0.984. The first-order valence-corrected chi connectivity index (χ1v) is 17.5. The van der Waals surface area contributed by atoms with Crippen molar-refractivity contribution in [2.45, 2.75) is 69.6 Å². The first-order chi connectivity index (χ1) is 24.7. The summed E-state index contributed by atoms with van der Waals surface area (Å²) < 4.78 is 11.2. The van der Waals surface area contributed by atoms with E-state index in [1.54, 1.807) is 24.0 Å². The largest absolute Gasteiger partial charge is 0.462 e. The van der Waals surface area contributed by atoms with Crippen molar-refractivity contribution in [1.82, 2.24) is 15.5 Å². The van der Waals surface area contributed by atoms with Gasteiger partial charge in [-0.05, 0) is 66.0 Å². The standard InChI is InChI=1S/C41H47N3O7/c1-4-6-20-37(43-41(49)51-26-36-34-18-11-9-16-32(34)33-17-10-12-19-35(33)36)40(48)50-25-27(3)42-39(47)29(13-5-2)22-38(46)44-23-30-15-8-7-14-28(30)21-31(44)24-45/h4-5,7-12,14-19,27,29,31,36-37,45H,1-2,6,13,20-26H2,3H3,(H,42,47)(H,43,49). The number of esters is 1. The number of benzene rings is 3. The predicted molar refractivity (Wildman–Crippen MR) is 194 cm³/mol. The fourth-order valence-corrected chi connectivity index (χ4v) is 6.88. The lowest BCUT2D eigenvalue weighted by molar-refractivity contribution is -0.147. The number of ether oxygens (including phenoxy) is 2. The number of carbonyl (C=O) groups excluding carboxylic acids is 4. The Bertz CT molecular complexity index is 1690. The summed E-state index contributed by atoms with van der Waals surface area (Å²) in [6.45, 7) is 9.32. The molecule has 0 saturated carbocycles. The molecule has 3 aromatic carbocycles. The van der Waals surface area contributed by atoms with Crippen LogP contribution in [0.4, 0.5) is 4.79 Å². The number of hydrogen-bond acceptors (Lipinski definition) is 7. The number of nitrogens with zero attached hydrogens (tertiary/aromatic N) is 1. The van der Waals surface area contributed by atoms with Gasteiger partial charge in [-0.15, -0.1) is 13.2 Å². The maximum atomic E-state index is 13.4. The maximum absolute atomic E-state index is 13.4. The number of alkyl carbamates (subject to hydrolysis) is 1. The lowest BCUT2D eigenvalue weighted by atomic mass is 9.92. The molecular formula is C41H47N3O7. The van der Waals surface area contributed by atoms with Gasteiger partial charge in [-0.1, -0.05) is 84.9 Å². The van der Waals surface area contributed by atoms with Crippen molar-refractivity contribution in [2.75, 3.05) is 19.8 Å². The van der Waals surface area contributed by atoms with E-state index in [1.165, 1.54) is 0 Å². The SMILES string of the molecule is C=CCCC(NC(=O)OCC1c2ccccc2-c2ccccc21)C(=O)OCC(C)NC(=O)C(CC=C)CC(=O)N1Cc2ccccc2CC1CO. The summed E-state index contributed by atoms with van der Waals surface area (Å²) >= 11 is 0. The Labute approximate surface area is 299 Å². The van der Waals surface area contributed by atoms with Crippen LogP contribution in [0.25, 0.3) is 11.1 Å². The topological polar surface area (TPSA) is 134 Å². The second-order valence-electron chi connectivity index (χ2n) is 13.2. The highest BCUT2D eigenvalue weighted by atomic mass is 16.6. The summed E-state index contributed by atoms with van der Waals surface area (Å²) in [5.74, 6) is -2.08. The third-order valence-electron chi connectivity index (χ3n) is 9.57. The zero-order chi connectivity index (χ0) is 36.3. The van der Waals surface area contributed by atoms with Gasteiger partial charge < -0.3 is 30.1 Å². The van der Waals surface area contributed by atoms with E-state index in [0.29, 0.717) is 19.4 Å². The molecule has 268 valence electrons.